The van der Waals surface area contributed by atoms with Crippen LogP contribution in [0.3, 0.4) is 0 Å². The monoisotopic (exact) mass is 291 g/mol. The minimum Gasteiger partial charge on any atom is -0.496 e. The molecule has 0 N–H and O–H groups in total. The lowest BCUT2D eigenvalue weighted by atomic mass is 9.94. The molecule has 0 aliphatic rings. The Balaban J connectivity index is 2.40. The second kappa shape index (κ2) is 5.87. The quantitative estimate of drug-likeness (QED) is 0.803. The van der Waals surface area contributed by atoms with Crippen LogP contribution in [-0.4, -0.2) is 12.9 Å². The number of thiophene rings is 1. The first-order valence-corrected chi connectivity index (χ1v) is 6.69. The van der Waals surface area contributed by atoms with Crippen molar-refractivity contribution in [3.63, 3.8) is 0 Å². The molecule has 0 saturated carbocycles. The van der Waals surface area contributed by atoms with Gasteiger partial charge in [0, 0.05) is 5.56 Å². The molecule has 0 spiro atoms. The zero-order valence-electron chi connectivity index (χ0n) is 10.1. The van der Waals surface area contributed by atoms with E-state index >= 15 is 0 Å². The molecule has 96 valence electrons. The van der Waals surface area contributed by atoms with Crippen LogP contribution in [0.2, 0.25) is 4.34 Å². The number of hydrogen-bond donors (Lipinski definition) is 0. The molecule has 5 heteroatoms. The maximum absolute atomic E-state index is 12.3. The third kappa shape index (κ3) is 2.78. The number of halogens is 1. The number of carbonyl (C=O) groups excluding carboxylic acids is 1. The summed E-state index contributed by atoms with van der Waals surface area (Å²) in [6, 6.07) is 12.3. The number of ketones is 1. The molecule has 1 unspecified atom stereocenters. The molecular weight excluding hydrogens is 282 g/mol. The van der Waals surface area contributed by atoms with Gasteiger partial charge in [0.15, 0.2) is 5.78 Å². The molecule has 0 bridgehead atoms. The minimum absolute atomic E-state index is 0.260. The van der Waals surface area contributed by atoms with Crippen LogP contribution >= 0.6 is 22.9 Å². The van der Waals surface area contributed by atoms with Crippen LogP contribution in [0.25, 0.3) is 0 Å². The summed E-state index contributed by atoms with van der Waals surface area (Å²) in [5.74, 6) is -0.611. The number of hydrogen-bond acceptors (Lipinski definition) is 4. The van der Waals surface area contributed by atoms with Gasteiger partial charge in [-0.3, -0.25) is 4.79 Å². The molecule has 2 aromatic rings. The van der Waals surface area contributed by atoms with Gasteiger partial charge in [0.2, 0.25) is 0 Å². The predicted octanol–water partition coefficient (Wildman–Crippen LogP) is 3.90. The van der Waals surface area contributed by atoms with Crippen molar-refractivity contribution in [2.45, 2.75) is 5.92 Å². The fourth-order valence-corrected chi connectivity index (χ4v) is 2.78. The van der Waals surface area contributed by atoms with E-state index in [2.05, 4.69) is 0 Å². The normalized spacial score (nSPS) is 11.6. The van der Waals surface area contributed by atoms with Crippen molar-refractivity contribution < 1.29 is 9.53 Å². The van der Waals surface area contributed by atoms with Crippen LogP contribution in [-0.2, 0) is 0 Å². The molecule has 0 fully saturated rings. The van der Waals surface area contributed by atoms with E-state index in [1.807, 2.05) is 6.07 Å². The van der Waals surface area contributed by atoms with Crippen LogP contribution in [0, 0.1) is 11.3 Å². The molecule has 1 atom stereocenters. The second-order valence-electron chi connectivity index (χ2n) is 3.77. The Bertz CT molecular complexity index is 645. The number of rotatable bonds is 4. The van der Waals surface area contributed by atoms with E-state index < -0.39 is 5.92 Å². The van der Waals surface area contributed by atoms with Crippen molar-refractivity contribution in [3.05, 3.63) is 51.2 Å². The second-order valence-corrected chi connectivity index (χ2v) is 5.49. The molecular formula is C14H10ClNO2S. The molecule has 0 aliphatic carbocycles. The van der Waals surface area contributed by atoms with Crippen LogP contribution in [0.4, 0.5) is 0 Å². The number of benzene rings is 1. The summed E-state index contributed by atoms with van der Waals surface area (Å²) in [4.78, 5) is 12.8. The molecule has 0 saturated heterocycles. The fourth-order valence-electron chi connectivity index (χ4n) is 1.76. The van der Waals surface area contributed by atoms with E-state index in [0.29, 0.717) is 20.5 Å². The average molecular weight is 292 g/mol. The maximum atomic E-state index is 12.3. The van der Waals surface area contributed by atoms with E-state index in [4.69, 9.17) is 16.3 Å². The summed E-state index contributed by atoms with van der Waals surface area (Å²) in [6.45, 7) is 0. The molecule has 3 nitrogen and oxygen atoms in total. The standard InChI is InChI=1S/C14H10ClNO2S/c1-18-11-5-3-2-4-9(11)10(8-16)14(17)12-6-7-13(15)19-12/h2-7,10H,1H3. The van der Waals surface area contributed by atoms with E-state index in [-0.39, 0.29) is 5.78 Å². The van der Waals surface area contributed by atoms with E-state index in [1.54, 1.807) is 36.4 Å². The summed E-state index contributed by atoms with van der Waals surface area (Å²) in [5.41, 5.74) is 0.571. The topological polar surface area (TPSA) is 50.1 Å². The van der Waals surface area contributed by atoms with Gasteiger partial charge >= 0.3 is 0 Å². The zero-order valence-corrected chi connectivity index (χ0v) is 11.7. The minimum atomic E-state index is -0.883. The SMILES string of the molecule is COc1ccccc1C(C#N)C(=O)c1ccc(Cl)s1. The zero-order chi connectivity index (χ0) is 13.8. The van der Waals surface area contributed by atoms with Gasteiger partial charge in [0.05, 0.1) is 22.4 Å². The van der Waals surface area contributed by atoms with Crippen LogP contribution < -0.4 is 4.74 Å². The highest BCUT2D eigenvalue weighted by Crippen LogP contribution is 2.31. The Kier molecular flexibility index (Phi) is 4.20. The number of nitrogens with zero attached hydrogens (tertiary/aromatic N) is 1. The number of nitriles is 1. The first-order chi connectivity index (χ1) is 9.17. The summed E-state index contributed by atoms with van der Waals surface area (Å²) >= 11 is 6.99. The molecule has 0 aliphatic heterocycles. The summed E-state index contributed by atoms with van der Waals surface area (Å²) < 4.78 is 5.72. The first-order valence-electron chi connectivity index (χ1n) is 5.49. The van der Waals surface area contributed by atoms with Crippen molar-refractivity contribution >= 4 is 28.7 Å². The van der Waals surface area contributed by atoms with Gasteiger partial charge in [-0.05, 0) is 18.2 Å². The number of methoxy groups -OCH3 is 1. The Morgan fingerprint density at radius 2 is 2.11 bits per heavy atom. The smallest absolute Gasteiger partial charge is 0.194 e. The number of ether oxygens (including phenoxy) is 1. The first kappa shape index (κ1) is 13.6. The summed E-state index contributed by atoms with van der Waals surface area (Å²) in [5, 5.41) is 9.28. The summed E-state index contributed by atoms with van der Waals surface area (Å²) in [6.07, 6.45) is 0. The van der Waals surface area contributed by atoms with Gasteiger partial charge in [0.1, 0.15) is 11.7 Å². The lowest BCUT2D eigenvalue weighted by molar-refractivity contribution is 0.0981. The highest BCUT2D eigenvalue weighted by Gasteiger charge is 2.25. The Labute approximate surface area is 120 Å². The van der Waals surface area contributed by atoms with E-state index in [1.165, 1.54) is 18.4 Å². The van der Waals surface area contributed by atoms with E-state index in [9.17, 15) is 10.1 Å². The van der Waals surface area contributed by atoms with Gasteiger partial charge in [-0.15, -0.1) is 11.3 Å². The molecule has 1 aromatic heterocycles. The molecule has 0 amide bonds. The van der Waals surface area contributed by atoms with Crippen LogP contribution in [0.15, 0.2) is 36.4 Å². The van der Waals surface area contributed by atoms with Gasteiger partial charge in [-0.1, -0.05) is 29.8 Å². The van der Waals surface area contributed by atoms with Gasteiger partial charge < -0.3 is 4.74 Å². The lowest BCUT2D eigenvalue weighted by Gasteiger charge is -2.11. The summed E-state index contributed by atoms with van der Waals surface area (Å²) in [7, 11) is 1.51. The average Bonchev–Trinajstić information content (AvgIpc) is 2.86. The molecule has 1 heterocycles. The highest BCUT2D eigenvalue weighted by molar-refractivity contribution is 7.18. The van der Waals surface area contributed by atoms with Crippen molar-refractivity contribution in [1.29, 1.82) is 5.26 Å². The molecule has 2 rings (SSSR count). The Morgan fingerprint density at radius 3 is 2.68 bits per heavy atom. The Morgan fingerprint density at radius 1 is 1.37 bits per heavy atom. The van der Waals surface area contributed by atoms with Gasteiger partial charge in [0.25, 0.3) is 0 Å². The number of carbonyl (C=O) groups is 1. The van der Waals surface area contributed by atoms with E-state index in [0.717, 1.165) is 0 Å². The molecule has 1 aromatic carbocycles. The maximum Gasteiger partial charge on any atom is 0.194 e. The third-order valence-corrected chi connectivity index (χ3v) is 3.90. The van der Waals surface area contributed by atoms with Crippen molar-refractivity contribution in [1.82, 2.24) is 0 Å². The van der Waals surface area contributed by atoms with Crippen LogP contribution in [0.1, 0.15) is 21.2 Å². The third-order valence-electron chi connectivity index (χ3n) is 2.66. The number of para-hydroxylation sites is 1. The van der Waals surface area contributed by atoms with Gasteiger partial charge in [-0.25, -0.2) is 0 Å². The van der Waals surface area contributed by atoms with Crippen molar-refractivity contribution in [2.75, 3.05) is 7.11 Å². The fraction of sp³-hybridized carbons (Fsp3) is 0.143. The molecule has 0 radical (unpaired) electrons. The lowest BCUT2D eigenvalue weighted by Crippen LogP contribution is -2.11. The number of Topliss-reactive ketones (excluding diaryl/α,β-unsaturated/α-hetero) is 1. The molecule has 19 heavy (non-hydrogen) atoms. The highest BCUT2D eigenvalue weighted by atomic mass is 35.5. The van der Waals surface area contributed by atoms with Crippen molar-refractivity contribution in [3.8, 4) is 11.8 Å². The van der Waals surface area contributed by atoms with Crippen LogP contribution in [0.5, 0.6) is 5.75 Å². The Hall–Kier alpha value is -1.83. The predicted molar refractivity (Wildman–Crippen MR) is 75.0 cm³/mol. The van der Waals surface area contributed by atoms with Gasteiger partial charge in [-0.2, -0.15) is 5.26 Å². The van der Waals surface area contributed by atoms with Crippen molar-refractivity contribution in [2.24, 2.45) is 0 Å². The largest absolute Gasteiger partial charge is 0.496 e.